The van der Waals surface area contributed by atoms with Crippen LogP contribution in [-0.4, -0.2) is 32.6 Å². The Hall–Kier alpha value is -2.57. The predicted molar refractivity (Wildman–Crippen MR) is 135 cm³/mol. The minimum Gasteiger partial charge on any atom is -0.508 e. The second-order valence-electron chi connectivity index (χ2n) is 9.97. The van der Waals surface area contributed by atoms with Crippen LogP contribution in [0.15, 0.2) is 46.9 Å². The lowest BCUT2D eigenvalue weighted by Gasteiger charge is -2.37. The van der Waals surface area contributed by atoms with E-state index in [1.165, 1.54) is 4.57 Å². The summed E-state index contributed by atoms with van der Waals surface area (Å²) >= 11 is 0. The average Bonchev–Trinajstić information content (AvgIpc) is 2.81. The van der Waals surface area contributed by atoms with Gasteiger partial charge in [-0.1, -0.05) is 45.4 Å². The molecule has 0 unspecified atom stereocenters. The van der Waals surface area contributed by atoms with E-state index in [-0.39, 0.29) is 41.3 Å². The highest BCUT2D eigenvalue weighted by Gasteiger charge is 2.36. The van der Waals surface area contributed by atoms with E-state index >= 15 is 0 Å². The number of phenols is 1. The zero-order valence-corrected chi connectivity index (χ0v) is 21.0. The van der Waals surface area contributed by atoms with Gasteiger partial charge in [-0.15, -0.1) is 0 Å². The Morgan fingerprint density at radius 1 is 1.21 bits per heavy atom. The number of hydrogen-bond donors (Lipinski definition) is 3. The topological polar surface area (TPSA) is 91.9 Å². The number of phenolic OH excluding ortho intramolecular Hbond substituents is 1. The molecule has 3 rings (SSSR count). The molecule has 0 bridgehead atoms. The molecule has 0 saturated carbocycles. The van der Waals surface area contributed by atoms with Gasteiger partial charge in [-0.3, -0.25) is 4.79 Å². The van der Waals surface area contributed by atoms with E-state index in [1.807, 2.05) is 6.92 Å². The van der Waals surface area contributed by atoms with Crippen LogP contribution in [0.25, 0.3) is 11.1 Å². The molecular weight excluding hydrogens is 430 g/mol. The highest BCUT2D eigenvalue weighted by molar-refractivity contribution is 5.71. The smallest absolute Gasteiger partial charge is 0.259 e. The molecule has 6 nitrogen and oxygen atoms in total. The van der Waals surface area contributed by atoms with Gasteiger partial charge in [0, 0.05) is 31.3 Å². The van der Waals surface area contributed by atoms with Gasteiger partial charge in [0.2, 0.25) is 0 Å². The molecule has 0 amide bonds. The third-order valence-electron chi connectivity index (χ3n) is 7.12. The van der Waals surface area contributed by atoms with Gasteiger partial charge >= 0.3 is 0 Å². The van der Waals surface area contributed by atoms with Crippen molar-refractivity contribution in [1.82, 2.24) is 4.57 Å². The van der Waals surface area contributed by atoms with Crippen LogP contribution in [0, 0.1) is 17.8 Å². The first-order valence-electron chi connectivity index (χ1n) is 12.3. The van der Waals surface area contributed by atoms with Crippen molar-refractivity contribution in [3.63, 3.8) is 0 Å². The van der Waals surface area contributed by atoms with E-state index < -0.39 is 6.10 Å². The Kier molecular flexibility index (Phi) is 8.61. The number of allylic oxidation sites excluding steroid dienone is 1. The van der Waals surface area contributed by atoms with Crippen LogP contribution in [0.1, 0.15) is 65.0 Å². The summed E-state index contributed by atoms with van der Waals surface area (Å²) < 4.78 is 7.92. The first kappa shape index (κ1) is 26.0. The third kappa shape index (κ3) is 5.73. The van der Waals surface area contributed by atoms with Crippen LogP contribution in [-0.2, 0) is 11.8 Å². The van der Waals surface area contributed by atoms with Gasteiger partial charge in [0.25, 0.3) is 5.56 Å². The highest BCUT2D eigenvalue weighted by atomic mass is 16.5. The number of aliphatic hydroxyl groups excluding tert-OH is 1. The van der Waals surface area contributed by atoms with Crippen LogP contribution in [0.5, 0.6) is 11.5 Å². The molecule has 0 aliphatic carbocycles. The third-order valence-corrected chi connectivity index (χ3v) is 7.12. The van der Waals surface area contributed by atoms with E-state index in [1.54, 1.807) is 37.5 Å². The van der Waals surface area contributed by atoms with Crippen molar-refractivity contribution in [3.8, 4) is 22.6 Å². The predicted octanol–water partition coefficient (Wildman–Crippen LogP) is 5.31. The monoisotopic (exact) mass is 469 g/mol. The van der Waals surface area contributed by atoms with Gasteiger partial charge in [0.15, 0.2) is 0 Å². The van der Waals surface area contributed by atoms with Crippen LogP contribution in [0.4, 0.5) is 0 Å². The van der Waals surface area contributed by atoms with Gasteiger partial charge in [0.05, 0.1) is 17.8 Å². The number of pyridine rings is 1. The van der Waals surface area contributed by atoms with E-state index in [0.29, 0.717) is 35.8 Å². The number of nitrogens with zero attached hydrogens (tertiary/aromatic N) is 1. The molecule has 186 valence electrons. The fraction of sp³-hybridized carbons (Fsp3) is 0.536. The zero-order valence-electron chi connectivity index (χ0n) is 21.0. The maximum Gasteiger partial charge on any atom is 0.259 e. The lowest BCUT2D eigenvalue weighted by Crippen LogP contribution is -2.37. The molecule has 2 heterocycles. The average molecular weight is 470 g/mol. The molecule has 0 radical (unpaired) electrons. The zero-order chi connectivity index (χ0) is 25.0. The Bertz CT molecular complexity index is 1060. The lowest BCUT2D eigenvalue weighted by molar-refractivity contribution is -0.0797. The Balaban J connectivity index is 1.95. The normalized spacial score (nSPS) is 23.0. The summed E-state index contributed by atoms with van der Waals surface area (Å²) in [5, 5.41) is 30.8. The Morgan fingerprint density at radius 2 is 1.88 bits per heavy atom. The van der Waals surface area contributed by atoms with Gasteiger partial charge in [-0.2, -0.15) is 0 Å². The number of aromatic nitrogens is 1. The summed E-state index contributed by atoms with van der Waals surface area (Å²) in [6.07, 6.45) is 6.41. The maximum atomic E-state index is 13.1. The van der Waals surface area contributed by atoms with E-state index in [0.717, 1.165) is 18.4 Å². The maximum absolute atomic E-state index is 13.1. The van der Waals surface area contributed by atoms with Crippen molar-refractivity contribution in [2.75, 3.05) is 6.61 Å². The molecule has 3 N–H and O–H groups in total. The van der Waals surface area contributed by atoms with E-state index in [9.17, 15) is 20.1 Å². The first-order valence-corrected chi connectivity index (χ1v) is 12.3. The SMILES string of the molecule is CC[C@H](C)C[C@@H](C)/C=C(\C)[C@@H]1O[C@H](c2c(O)c(-c3ccc(O)cc3)cn(C)c2=O)CC[C@H]1CO. The summed E-state index contributed by atoms with van der Waals surface area (Å²) in [5.41, 5.74) is 2.22. The second-order valence-corrected chi connectivity index (χ2v) is 9.97. The molecule has 0 spiro atoms. The van der Waals surface area contributed by atoms with Gasteiger partial charge in [-0.25, -0.2) is 0 Å². The number of rotatable bonds is 8. The number of benzene rings is 1. The van der Waals surface area contributed by atoms with Crippen molar-refractivity contribution in [2.24, 2.45) is 24.8 Å². The van der Waals surface area contributed by atoms with Gasteiger partial charge in [-0.05, 0) is 61.3 Å². The number of hydrogen-bond acceptors (Lipinski definition) is 5. The molecule has 6 heteroatoms. The molecule has 1 aromatic carbocycles. The molecule has 34 heavy (non-hydrogen) atoms. The molecule has 1 aliphatic rings. The van der Waals surface area contributed by atoms with Crippen molar-refractivity contribution in [2.45, 2.75) is 65.6 Å². The van der Waals surface area contributed by atoms with Crippen molar-refractivity contribution in [1.29, 1.82) is 0 Å². The summed E-state index contributed by atoms with van der Waals surface area (Å²) in [6.45, 7) is 8.70. The van der Waals surface area contributed by atoms with Crippen LogP contribution in [0.2, 0.25) is 0 Å². The molecule has 1 saturated heterocycles. The molecule has 2 aromatic rings. The highest BCUT2D eigenvalue weighted by Crippen LogP contribution is 2.42. The second kappa shape index (κ2) is 11.2. The minimum atomic E-state index is -0.572. The molecule has 1 aromatic heterocycles. The number of aryl methyl sites for hydroxylation is 1. The van der Waals surface area contributed by atoms with Crippen molar-refractivity contribution < 1.29 is 20.1 Å². The molecule has 1 fully saturated rings. The van der Waals surface area contributed by atoms with Crippen molar-refractivity contribution in [3.05, 3.63) is 58.0 Å². The summed E-state index contributed by atoms with van der Waals surface area (Å²) in [5.74, 6) is 1.01. The lowest BCUT2D eigenvalue weighted by atomic mass is 9.84. The van der Waals surface area contributed by atoms with Crippen molar-refractivity contribution >= 4 is 0 Å². The quantitative estimate of drug-likeness (QED) is 0.456. The fourth-order valence-corrected chi connectivity index (χ4v) is 5.06. The fourth-order valence-electron chi connectivity index (χ4n) is 5.06. The standard InChI is InChI=1S/C28H39NO5/c1-6-17(2)13-18(3)14-19(4)27-21(16-30)9-12-24(34-27)25-26(32)23(15-29(5)28(25)33)20-7-10-22(31)11-8-20/h7-8,10-11,14-15,17-18,21,24,27,30-32H,6,9,12-13,16H2,1-5H3/b19-14+/t17-,18+,21-,24-,27-/m0/s1. The Labute approximate surface area is 202 Å². The molecule has 1 aliphatic heterocycles. The molecular formula is C28H39NO5. The summed E-state index contributed by atoms with van der Waals surface area (Å²) in [6, 6.07) is 6.51. The van der Waals surface area contributed by atoms with Crippen LogP contribution < -0.4 is 5.56 Å². The van der Waals surface area contributed by atoms with Gasteiger partial charge in [0.1, 0.15) is 11.5 Å². The summed E-state index contributed by atoms with van der Waals surface area (Å²) in [7, 11) is 1.66. The Morgan fingerprint density at radius 3 is 2.50 bits per heavy atom. The van der Waals surface area contributed by atoms with Crippen LogP contribution in [0.3, 0.4) is 0 Å². The number of ether oxygens (including phenoxy) is 1. The largest absolute Gasteiger partial charge is 0.508 e. The first-order chi connectivity index (χ1) is 16.2. The minimum absolute atomic E-state index is 0.0137. The van der Waals surface area contributed by atoms with E-state index in [2.05, 4.69) is 26.8 Å². The van der Waals surface area contributed by atoms with E-state index in [4.69, 9.17) is 4.74 Å². The number of aromatic hydroxyl groups is 2. The van der Waals surface area contributed by atoms with Crippen LogP contribution >= 0.6 is 0 Å². The summed E-state index contributed by atoms with van der Waals surface area (Å²) in [4.78, 5) is 13.1. The number of aliphatic hydroxyl groups is 1. The molecule has 5 atom stereocenters. The van der Waals surface area contributed by atoms with Gasteiger partial charge < -0.3 is 24.6 Å².